The first-order chi connectivity index (χ1) is 6.60. The Balaban J connectivity index is 3.31. The molecule has 0 amide bonds. The van der Waals surface area contributed by atoms with Crippen LogP contribution in [-0.2, 0) is 6.61 Å². The van der Waals surface area contributed by atoms with Gasteiger partial charge in [0.15, 0.2) is 5.78 Å². The average molecular weight is 215 g/mol. The summed E-state index contributed by atoms with van der Waals surface area (Å²) in [5.74, 6) is 0.319. The van der Waals surface area contributed by atoms with Gasteiger partial charge in [-0.25, -0.2) is 0 Å². The van der Waals surface area contributed by atoms with E-state index in [0.29, 0.717) is 21.9 Å². The number of benzene rings is 1. The van der Waals surface area contributed by atoms with E-state index in [1.54, 1.807) is 6.07 Å². The summed E-state index contributed by atoms with van der Waals surface area (Å²) in [6.45, 7) is 1.26. The second-order valence-corrected chi connectivity index (χ2v) is 3.27. The minimum Gasteiger partial charge on any atom is -0.496 e. The number of aliphatic hydroxyl groups excluding tert-OH is 1. The fourth-order valence-corrected chi connectivity index (χ4v) is 1.38. The first-order valence-electron chi connectivity index (χ1n) is 4.08. The van der Waals surface area contributed by atoms with E-state index in [2.05, 4.69) is 0 Å². The first kappa shape index (κ1) is 11.0. The van der Waals surface area contributed by atoms with Crippen molar-refractivity contribution in [2.75, 3.05) is 7.11 Å². The summed E-state index contributed by atoms with van der Waals surface area (Å²) < 4.78 is 5.01. The molecule has 1 N–H and O–H groups in total. The highest BCUT2D eigenvalue weighted by Gasteiger charge is 2.11. The van der Waals surface area contributed by atoms with Gasteiger partial charge in [0.05, 0.1) is 19.3 Å². The molecule has 0 spiro atoms. The van der Waals surface area contributed by atoms with E-state index >= 15 is 0 Å². The number of methoxy groups -OCH3 is 1. The predicted molar refractivity (Wildman–Crippen MR) is 53.9 cm³/mol. The van der Waals surface area contributed by atoms with E-state index in [-0.39, 0.29) is 12.4 Å². The Kier molecular flexibility index (Phi) is 3.49. The third-order valence-electron chi connectivity index (χ3n) is 1.92. The molecule has 1 rings (SSSR count). The van der Waals surface area contributed by atoms with Gasteiger partial charge in [-0.05, 0) is 24.6 Å². The highest BCUT2D eigenvalue weighted by atomic mass is 35.5. The zero-order valence-electron chi connectivity index (χ0n) is 8.00. The van der Waals surface area contributed by atoms with E-state index in [4.69, 9.17) is 21.4 Å². The molecule has 0 saturated heterocycles. The molecule has 0 unspecified atom stereocenters. The Bertz CT molecular complexity index is 361. The number of hydrogen-bond acceptors (Lipinski definition) is 3. The van der Waals surface area contributed by atoms with Gasteiger partial charge in [0.1, 0.15) is 5.75 Å². The molecule has 4 heteroatoms. The third-order valence-corrected chi connectivity index (χ3v) is 2.27. The Morgan fingerprint density at radius 1 is 1.57 bits per heavy atom. The fraction of sp³-hybridized carbons (Fsp3) is 0.300. The first-order valence-corrected chi connectivity index (χ1v) is 4.46. The lowest BCUT2D eigenvalue weighted by Gasteiger charge is -2.09. The molecule has 0 radical (unpaired) electrons. The summed E-state index contributed by atoms with van der Waals surface area (Å²) in [4.78, 5) is 11.2. The highest BCUT2D eigenvalue weighted by Crippen LogP contribution is 2.27. The molecular formula is C10H11ClO3. The summed E-state index contributed by atoms with van der Waals surface area (Å²) in [5, 5.41) is 9.32. The summed E-state index contributed by atoms with van der Waals surface area (Å²) >= 11 is 5.83. The van der Waals surface area contributed by atoms with Crippen molar-refractivity contribution >= 4 is 17.4 Å². The second kappa shape index (κ2) is 4.44. The quantitative estimate of drug-likeness (QED) is 0.784. The number of Topliss-reactive ketones (excluding diaryl/α,β-unsaturated/α-hetero) is 1. The van der Waals surface area contributed by atoms with Crippen LogP contribution in [0.2, 0.25) is 5.02 Å². The Morgan fingerprint density at radius 2 is 2.21 bits per heavy atom. The van der Waals surface area contributed by atoms with E-state index in [0.717, 1.165) is 0 Å². The predicted octanol–water partition coefficient (Wildman–Crippen LogP) is 2.04. The monoisotopic (exact) mass is 214 g/mol. The number of halogens is 1. The number of carbonyl (C=O) groups excluding carboxylic acids is 1. The normalized spacial score (nSPS) is 10.0. The van der Waals surface area contributed by atoms with Gasteiger partial charge in [-0.2, -0.15) is 0 Å². The van der Waals surface area contributed by atoms with Gasteiger partial charge in [-0.3, -0.25) is 4.79 Å². The standard InChI is InChI=1S/C10H11ClO3/c1-6(13)8-4-9(11)7(5-12)3-10(8)14-2/h3-4,12H,5H2,1-2H3. The van der Waals surface area contributed by atoms with E-state index in [1.807, 2.05) is 0 Å². The third kappa shape index (κ3) is 2.05. The van der Waals surface area contributed by atoms with Gasteiger partial charge in [0.2, 0.25) is 0 Å². The maximum absolute atomic E-state index is 11.2. The van der Waals surface area contributed by atoms with E-state index in [9.17, 15) is 4.79 Å². The van der Waals surface area contributed by atoms with Crippen LogP contribution in [0.3, 0.4) is 0 Å². The van der Waals surface area contributed by atoms with Crippen molar-refractivity contribution in [3.63, 3.8) is 0 Å². The molecule has 0 aromatic heterocycles. The molecule has 1 aromatic carbocycles. The number of ketones is 1. The molecule has 0 bridgehead atoms. The van der Waals surface area contributed by atoms with Crippen LogP contribution >= 0.6 is 11.6 Å². The molecule has 0 aliphatic carbocycles. The van der Waals surface area contributed by atoms with Gasteiger partial charge in [0.25, 0.3) is 0 Å². The van der Waals surface area contributed by atoms with Crippen molar-refractivity contribution in [1.82, 2.24) is 0 Å². The molecule has 76 valence electrons. The molecule has 0 heterocycles. The van der Waals surface area contributed by atoms with Gasteiger partial charge in [-0.15, -0.1) is 0 Å². The number of ether oxygens (including phenoxy) is 1. The molecule has 0 aliphatic rings. The lowest BCUT2D eigenvalue weighted by molar-refractivity contribution is 0.101. The van der Waals surface area contributed by atoms with Crippen LogP contribution in [-0.4, -0.2) is 18.0 Å². The van der Waals surface area contributed by atoms with E-state index in [1.165, 1.54) is 20.1 Å². The van der Waals surface area contributed by atoms with Gasteiger partial charge in [0, 0.05) is 5.02 Å². The Hall–Kier alpha value is -1.06. The van der Waals surface area contributed by atoms with E-state index < -0.39 is 0 Å². The van der Waals surface area contributed by atoms with Crippen LogP contribution in [0.25, 0.3) is 0 Å². The Labute approximate surface area is 87.3 Å². The molecule has 0 aliphatic heterocycles. The molecule has 0 fully saturated rings. The molecule has 1 aromatic rings. The summed E-state index contributed by atoms with van der Waals surface area (Å²) in [7, 11) is 1.47. The van der Waals surface area contributed by atoms with Crippen LogP contribution in [0.5, 0.6) is 5.75 Å². The lowest BCUT2D eigenvalue weighted by atomic mass is 10.1. The van der Waals surface area contributed by atoms with Crippen LogP contribution in [0.1, 0.15) is 22.8 Å². The van der Waals surface area contributed by atoms with Gasteiger partial charge < -0.3 is 9.84 Å². The van der Waals surface area contributed by atoms with Crippen LogP contribution in [0.15, 0.2) is 12.1 Å². The van der Waals surface area contributed by atoms with Crippen molar-refractivity contribution < 1.29 is 14.6 Å². The molecule has 0 atom stereocenters. The number of carbonyl (C=O) groups is 1. The summed E-state index contributed by atoms with van der Waals surface area (Å²) in [6.07, 6.45) is 0. The number of aliphatic hydroxyl groups is 1. The summed E-state index contributed by atoms with van der Waals surface area (Å²) in [5.41, 5.74) is 0.975. The number of rotatable bonds is 3. The minimum atomic E-state index is -0.173. The van der Waals surface area contributed by atoms with Crippen LogP contribution < -0.4 is 4.74 Å². The van der Waals surface area contributed by atoms with Crippen molar-refractivity contribution in [2.45, 2.75) is 13.5 Å². The molecule has 0 saturated carbocycles. The Morgan fingerprint density at radius 3 is 2.64 bits per heavy atom. The maximum Gasteiger partial charge on any atom is 0.163 e. The van der Waals surface area contributed by atoms with Crippen LogP contribution in [0.4, 0.5) is 0 Å². The average Bonchev–Trinajstić information content (AvgIpc) is 2.17. The van der Waals surface area contributed by atoms with Gasteiger partial charge >= 0.3 is 0 Å². The fourth-order valence-electron chi connectivity index (χ4n) is 1.16. The number of hydrogen-bond donors (Lipinski definition) is 1. The van der Waals surface area contributed by atoms with Crippen LogP contribution in [0, 0.1) is 0 Å². The highest BCUT2D eigenvalue weighted by molar-refractivity contribution is 6.31. The minimum absolute atomic E-state index is 0.117. The van der Waals surface area contributed by atoms with Crippen molar-refractivity contribution in [3.05, 3.63) is 28.3 Å². The van der Waals surface area contributed by atoms with Crippen molar-refractivity contribution in [3.8, 4) is 5.75 Å². The smallest absolute Gasteiger partial charge is 0.163 e. The maximum atomic E-state index is 11.2. The largest absolute Gasteiger partial charge is 0.496 e. The zero-order valence-corrected chi connectivity index (χ0v) is 8.76. The van der Waals surface area contributed by atoms with Crippen molar-refractivity contribution in [1.29, 1.82) is 0 Å². The second-order valence-electron chi connectivity index (χ2n) is 2.86. The lowest BCUT2D eigenvalue weighted by Crippen LogP contribution is -1.99. The SMILES string of the molecule is COc1cc(CO)c(Cl)cc1C(C)=O. The topological polar surface area (TPSA) is 46.5 Å². The molecular weight excluding hydrogens is 204 g/mol. The molecule has 14 heavy (non-hydrogen) atoms. The molecule has 3 nitrogen and oxygen atoms in total. The van der Waals surface area contributed by atoms with Gasteiger partial charge in [-0.1, -0.05) is 11.6 Å². The zero-order chi connectivity index (χ0) is 10.7. The summed E-state index contributed by atoms with van der Waals surface area (Å²) in [6, 6.07) is 3.08. The van der Waals surface area contributed by atoms with Crippen molar-refractivity contribution in [2.24, 2.45) is 0 Å².